The first-order valence-electron chi connectivity index (χ1n) is 7.24. The van der Waals surface area contributed by atoms with Gasteiger partial charge in [-0.3, -0.25) is 0 Å². The third-order valence-electron chi connectivity index (χ3n) is 3.77. The highest BCUT2D eigenvalue weighted by atomic mass is 15.0. The molecule has 1 fully saturated rings. The number of nitrogens with zero attached hydrogens (tertiary/aromatic N) is 2. The number of rotatable bonds is 5. The van der Waals surface area contributed by atoms with Crippen molar-refractivity contribution in [3.05, 3.63) is 17.6 Å². The molecule has 3 nitrogen and oxygen atoms in total. The molecule has 100 valence electrons. The molecule has 1 aromatic rings. The minimum atomic E-state index is 0.665. The van der Waals surface area contributed by atoms with Crippen molar-refractivity contribution in [2.24, 2.45) is 5.92 Å². The van der Waals surface area contributed by atoms with Crippen molar-refractivity contribution in [1.29, 1.82) is 0 Å². The standard InChI is InChI=1S/C15H25N3/c1-11(2)8-9-14-17-13(10-15(16-3)18-14)12-6-4-5-7-12/h10-12H,4-9H2,1-3H3,(H,16,17,18). The van der Waals surface area contributed by atoms with Crippen molar-refractivity contribution < 1.29 is 0 Å². The molecule has 18 heavy (non-hydrogen) atoms. The van der Waals surface area contributed by atoms with Gasteiger partial charge in [0.2, 0.25) is 0 Å². The van der Waals surface area contributed by atoms with E-state index in [1.54, 1.807) is 0 Å². The van der Waals surface area contributed by atoms with E-state index in [1.165, 1.54) is 31.4 Å². The maximum atomic E-state index is 4.78. The quantitative estimate of drug-likeness (QED) is 0.860. The summed E-state index contributed by atoms with van der Waals surface area (Å²) in [6.07, 6.45) is 7.45. The summed E-state index contributed by atoms with van der Waals surface area (Å²) in [7, 11) is 1.94. The van der Waals surface area contributed by atoms with Crippen LogP contribution in [0.1, 0.15) is 63.4 Å². The van der Waals surface area contributed by atoms with Crippen LogP contribution in [0.3, 0.4) is 0 Å². The molecule has 0 saturated heterocycles. The van der Waals surface area contributed by atoms with Gasteiger partial charge in [-0.1, -0.05) is 26.7 Å². The molecule has 1 saturated carbocycles. The number of nitrogens with one attached hydrogen (secondary N) is 1. The van der Waals surface area contributed by atoms with Gasteiger partial charge in [0.05, 0.1) is 0 Å². The van der Waals surface area contributed by atoms with Crippen LogP contribution in [0.15, 0.2) is 6.07 Å². The zero-order chi connectivity index (χ0) is 13.0. The Morgan fingerprint density at radius 1 is 1.28 bits per heavy atom. The lowest BCUT2D eigenvalue weighted by atomic mass is 10.0. The molecule has 0 atom stereocenters. The third kappa shape index (κ3) is 3.44. The van der Waals surface area contributed by atoms with Gasteiger partial charge >= 0.3 is 0 Å². The highest BCUT2D eigenvalue weighted by Crippen LogP contribution is 2.33. The van der Waals surface area contributed by atoms with Crippen LogP contribution in [0.25, 0.3) is 0 Å². The van der Waals surface area contributed by atoms with Gasteiger partial charge in [-0.05, 0) is 25.2 Å². The first kappa shape index (κ1) is 13.3. The molecule has 0 spiro atoms. The minimum Gasteiger partial charge on any atom is -0.373 e. The second-order valence-corrected chi connectivity index (χ2v) is 5.76. The summed E-state index contributed by atoms with van der Waals surface area (Å²) in [6.45, 7) is 4.50. The van der Waals surface area contributed by atoms with Gasteiger partial charge in [-0.15, -0.1) is 0 Å². The van der Waals surface area contributed by atoms with E-state index in [0.29, 0.717) is 11.8 Å². The molecule has 0 amide bonds. The summed E-state index contributed by atoms with van der Waals surface area (Å²) >= 11 is 0. The Kier molecular flexibility index (Phi) is 4.56. The van der Waals surface area contributed by atoms with Crippen molar-refractivity contribution in [2.45, 2.75) is 58.3 Å². The van der Waals surface area contributed by atoms with Crippen LogP contribution in [0.2, 0.25) is 0 Å². The van der Waals surface area contributed by atoms with E-state index in [2.05, 4.69) is 30.2 Å². The molecule has 0 radical (unpaired) electrons. The maximum Gasteiger partial charge on any atom is 0.131 e. The Hall–Kier alpha value is -1.12. The summed E-state index contributed by atoms with van der Waals surface area (Å²) in [6, 6.07) is 2.13. The van der Waals surface area contributed by atoms with Crippen molar-refractivity contribution in [2.75, 3.05) is 12.4 Å². The highest BCUT2D eigenvalue weighted by Gasteiger charge is 2.19. The molecule has 1 aliphatic carbocycles. The molecule has 1 aliphatic rings. The Morgan fingerprint density at radius 2 is 2.00 bits per heavy atom. The van der Waals surface area contributed by atoms with E-state index in [1.807, 2.05) is 7.05 Å². The number of aryl methyl sites for hydroxylation is 1. The zero-order valence-electron chi connectivity index (χ0n) is 11.9. The topological polar surface area (TPSA) is 37.8 Å². The van der Waals surface area contributed by atoms with Crippen LogP contribution in [-0.4, -0.2) is 17.0 Å². The molecule has 0 bridgehead atoms. The molecule has 3 heteroatoms. The summed E-state index contributed by atoms with van der Waals surface area (Å²) in [4.78, 5) is 9.36. The van der Waals surface area contributed by atoms with Gasteiger partial charge in [-0.2, -0.15) is 0 Å². The molecule has 1 heterocycles. The van der Waals surface area contributed by atoms with E-state index in [4.69, 9.17) is 4.98 Å². The van der Waals surface area contributed by atoms with Gasteiger partial charge in [-0.25, -0.2) is 9.97 Å². The van der Waals surface area contributed by atoms with Crippen LogP contribution in [0, 0.1) is 5.92 Å². The number of hydrogen-bond acceptors (Lipinski definition) is 3. The number of hydrogen-bond donors (Lipinski definition) is 1. The number of aromatic nitrogens is 2. The van der Waals surface area contributed by atoms with Crippen LogP contribution in [0.4, 0.5) is 5.82 Å². The zero-order valence-corrected chi connectivity index (χ0v) is 11.9. The average Bonchev–Trinajstić information content (AvgIpc) is 2.89. The van der Waals surface area contributed by atoms with Gasteiger partial charge in [0.1, 0.15) is 11.6 Å². The summed E-state index contributed by atoms with van der Waals surface area (Å²) in [5.41, 5.74) is 1.26. The largest absolute Gasteiger partial charge is 0.373 e. The highest BCUT2D eigenvalue weighted by molar-refractivity contribution is 5.36. The first-order chi connectivity index (χ1) is 8.69. The fraction of sp³-hybridized carbons (Fsp3) is 0.733. The Bertz CT molecular complexity index is 381. The van der Waals surface area contributed by atoms with Gasteiger partial charge in [0, 0.05) is 31.1 Å². The third-order valence-corrected chi connectivity index (χ3v) is 3.77. The van der Waals surface area contributed by atoms with Crippen molar-refractivity contribution in [3.63, 3.8) is 0 Å². The van der Waals surface area contributed by atoms with Gasteiger partial charge in [0.15, 0.2) is 0 Å². The number of anilines is 1. The monoisotopic (exact) mass is 247 g/mol. The Balaban J connectivity index is 2.15. The summed E-state index contributed by atoms with van der Waals surface area (Å²) in [5.74, 6) is 3.36. The fourth-order valence-electron chi connectivity index (χ4n) is 2.61. The SMILES string of the molecule is CNc1cc(C2CCCC2)nc(CCC(C)C)n1. The first-order valence-corrected chi connectivity index (χ1v) is 7.24. The van der Waals surface area contributed by atoms with Crippen molar-refractivity contribution in [3.8, 4) is 0 Å². The average molecular weight is 247 g/mol. The second kappa shape index (κ2) is 6.17. The van der Waals surface area contributed by atoms with E-state index in [-0.39, 0.29) is 0 Å². The molecule has 2 rings (SSSR count). The lowest BCUT2D eigenvalue weighted by Crippen LogP contribution is -2.07. The van der Waals surface area contributed by atoms with E-state index >= 15 is 0 Å². The predicted octanol–water partition coefficient (Wildman–Crippen LogP) is 3.76. The summed E-state index contributed by atoms with van der Waals surface area (Å²) < 4.78 is 0. The van der Waals surface area contributed by atoms with Crippen LogP contribution >= 0.6 is 0 Å². The predicted molar refractivity (Wildman–Crippen MR) is 75.9 cm³/mol. The molecular weight excluding hydrogens is 222 g/mol. The van der Waals surface area contributed by atoms with Crippen molar-refractivity contribution >= 4 is 5.82 Å². The van der Waals surface area contributed by atoms with Crippen LogP contribution < -0.4 is 5.32 Å². The maximum absolute atomic E-state index is 4.78. The second-order valence-electron chi connectivity index (χ2n) is 5.76. The molecule has 0 unspecified atom stereocenters. The molecule has 1 aromatic heterocycles. The van der Waals surface area contributed by atoms with Crippen LogP contribution in [0.5, 0.6) is 0 Å². The van der Waals surface area contributed by atoms with Crippen LogP contribution in [-0.2, 0) is 6.42 Å². The molecular formula is C15H25N3. The smallest absolute Gasteiger partial charge is 0.131 e. The Labute approximate surface area is 110 Å². The molecule has 0 aromatic carbocycles. The molecule has 1 N–H and O–H groups in total. The lowest BCUT2D eigenvalue weighted by Gasteiger charge is -2.12. The van der Waals surface area contributed by atoms with E-state index in [0.717, 1.165) is 24.5 Å². The van der Waals surface area contributed by atoms with E-state index < -0.39 is 0 Å². The van der Waals surface area contributed by atoms with Crippen molar-refractivity contribution in [1.82, 2.24) is 9.97 Å². The fourth-order valence-corrected chi connectivity index (χ4v) is 2.61. The van der Waals surface area contributed by atoms with Gasteiger partial charge in [0.25, 0.3) is 0 Å². The Morgan fingerprint density at radius 3 is 2.61 bits per heavy atom. The molecule has 0 aliphatic heterocycles. The van der Waals surface area contributed by atoms with E-state index in [9.17, 15) is 0 Å². The minimum absolute atomic E-state index is 0.665. The van der Waals surface area contributed by atoms with Gasteiger partial charge < -0.3 is 5.32 Å². The normalized spacial score (nSPS) is 16.4. The lowest BCUT2D eigenvalue weighted by molar-refractivity contribution is 0.570. The summed E-state index contributed by atoms with van der Waals surface area (Å²) in [5, 5.41) is 3.17.